The predicted molar refractivity (Wildman–Crippen MR) is 135 cm³/mol. The summed E-state index contributed by atoms with van der Waals surface area (Å²) in [5, 5.41) is 2.84. The molecule has 0 radical (unpaired) electrons. The Morgan fingerprint density at radius 3 is 2.68 bits per heavy atom. The lowest BCUT2D eigenvalue weighted by atomic mass is 9.98. The molecule has 4 rings (SSSR count). The summed E-state index contributed by atoms with van der Waals surface area (Å²) in [4.78, 5) is 51.7. The number of benzene rings is 1. The van der Waals surface area contributed by atoms with E-state index in [2.05, 4.69) is 20.3 Å². The van der Waals surface area contributed by atoms with Gasteiger partial charge in [0.15, 0.2) is 0 Å². The highest BCUT2D eigenvalue weighted by molar-refractivity contribution is 5.92. The van der Waals surface area contributed by atoms with E-state index in [0.29, 0.717) is 18.1 Å². The Kier molecular flexibility index (Phi) is 7.88. The van der Waals surface area contributed by atoms with Crippen molar-refractivity contribution in [3.05, 3.63) is 59.6 Å². The van der Waals surface area contributed by atoms with Crippen LogP contribution in [0.5, 0.6) is 0 Å². The average Bonchev–Trinajstić information content (AvgIpc) is 3.50. The molecule has 0 bridgehead atoms. The molecule has 3 aromatic rings. The topological polar surface area (TPSA) is 139 Å². The van der Waals surface area contributed by atoms with E-state index in [1.807, 2.05) is 6.92 Å². The molecule has 10 nitrogen and oxygen atoms in total. The Balaban J connectivity index is 1.56. The number of rotatable bonds is 8. The number of piperidine rings is 1. The second-order valence-corrected chi connectivity index (χ2v) is 9.68. The van der Waals surface area contributed by atoms with Gasteiger partial charge in [0.05, 0.1) is 17.9 Å². The number of carbonyl (C=O) groups excluding carboxylic acids is 3. The fourth-order valence-corrected chi connectivity index (χ4v) is 4.77. The number of hydrogen-bond donors (Lipinski definition) is 3. The number of hydrogen-bond acceptors (Lipinski definition) is 5. The largest absolute Gasteiger partial charge is 0.364 e. The first kappa shape index (κ1) is 27.0. The van der Waals surface area contributed by atoms with Gasteiger partial charge in [-0.25, -0.2) is 18.7 Å². The molecule has 1 aromatic carbocycles. The Hall–Kier alpha value is -4.09. The van der Waals surface area contributed by atoms with E-state index < -0.39 is 35.4 Å². The van der Waals surface area contributed by atoms with E-state index in [4.69, 9.17) is 5.73 Å². The zero-order valence-electron chi connectivity index (χ0n) is 21.5. The Morgan fingerprint density at radius 2 is 2.03 bits per heavy atom. The second-order valence-electron chi connectivity index (χ2n) is 9.68. The monoisotopic (exact) mass is 527 g/mol. The summed E-state index contributed by atoms with van der Waals surface area (Å²) in [7, 11) is 1.63. The van der Waals surface area contributed by atoms with Crippen molar-refractivity contribution in [2.75, 3.05) is 6.54 Å². The minimum Gasteiger partial charge on any atom is -0.364 e. The van der Waals surface area contributed by atoms with Crippen molar-refractivity contribution < 1.29 is 23.2 Å². The number of imidazole rings is 2. The van der Waals surface area contributed by atoms with Crippen LogP contribution in [-0.4, -0.2) is 54.7 Å². The quantitative estimate of drug-likeness (QED) is 0.413. The summed E-state index contributed by atoms with van der Waals surface area (Å²) in [5.41, 5.74) is 5.83. The van der Waals surface area contributed by atoms with Crippen molar-refractivity contribution in [2.24, 2.45) is 12.8 Å². The van der Waals surface area contributed by atoms with Crippen molar-refractivity contribution in [1.29, 1.82) is 0 Å². The summed E-state index contributed by atoms with van der Waals surface area (Å²) < 4.78 is 29.0. The first-order valence-corrected chi connectivity index (χ1v) is 12.5. The maximum Gasteiger partial charge on any atom is 0.268 e. The molecule has 4 N–H and O–H groups in total. The molecule has 0 unspecified atom stereocenters. The highest BCUT2D eigenvalue weighted by Crippen LogP contribution is 2.26. The van der Waals surface area contributed by atoms with E-state index >= 15 is 0 Å². The van der Waals surface area contributed by atoms with E-state index in [1.165, 1.54) is 23.0 Å². The SMILES string of the molecule is C[C@H](NC(=O)[C@@H](CC(=O)N1CCCC[C@@H]1C)c1nc(C(N)=O)cn1C)c1ncc(-c2ccc(F)cc2F)[nH]1. The number of carbonyl (C=O) groups is 3. The maximum absolute atomic E-state index is 14.2. The number of aromatic amines is 1. The van der Waals surface area contributed by atoms with Gasteiger partial charge in [-0.3, -0.25) is 14.4 Å². The number of amides is 3. The van der Waals surface area contributed by atoms with Crippen molar-refractivity contribution in [3.63, 3.8) is 0 Å². The number of likely N-dealkylation sites (tertiary alicyclic amines) is 1. The Labute approximate surface area is 218 Å². The van der Waals surface area contributed by atoms with E-state index in [9.17, 15) is 23.2 Å². The molecule has 12 heteroatoms. The first-order valence-electron chi connectivity index (χ1n) is 12.5. The molecule has 1 saturated heterocycles. The minimum atomic E-state index is -0.999. The summed E-state index contributed by atoms with van der Waals surface area (Å²) in [6.45, 7) is 4.28. The lowest BCUT2D eigenvalue weighted by molar-refractivity contribution is -0.137. The molecule has 2 aromatic heterocycles. The van der Waals surface area contributed by atoms with E-state index in [1.54, 1.807) is 18.9 Å². The standard InChI is InChI=1S/C26H31F2N7O3/c1-14-6-4-5-9-35(14)22(36)11-18(25-33-21(23(29)37)13-34(25)3)26(38)31-15(2)24-30-12-20(32-24)17-8-7-16(27)10-19(17)28/h7-8,10,12-15,18H,4-6,9,11H2,1-3H3,(H2,29,37)(H,30,32)(H,31,38)/t14-,15-,18-/m0/s1. The number of primary amides is 1. The van der Waals surface area contributed by atoms with Crippen molar-refractivity contribution in [3.8, 4) is 11.3 Å². The predicted octanol–water partition coefficient (Wildman–Crippen LogP) is 2.94. The number of nitrogens with two attached hydrogens (primary N) is 1. The van der Waals surface area contributed by atoms with Gasteiger partial charge in [-0.05, 0) is 45.2 Å². The van der Waals surface area contributed by atoms with Crippen molar-refractivity contribution in [1.82, 2.24) is 29.7 Å². The molecule has 1 aliphatic rings. The molecule has 0 aliphatic carbocycles. The second kappa shape index (κ2) is 11.1. The first-order chi connectivity index (χ1) is 18.0. The zero-order valence-corrected chi connectivity index (χ0v) is 21.5. The summed E-state index contributed by atoms with van der Waals surface area (Å²) in [6, 6.07) is 2.63. The molecule has 3 amide bonds. The number of halogens is 2. The van der Waals surface area contributed by atoms with Crippen molar-refractivity contribution >= 4 is 17.7 Å². The molecule has 202 valence electrons. The van der Waals surface area contributed by atoms with Gasteiger partial charge in [0.25, 0.3) is 5.91 Å². The average molecular weight is 528 g/mol. The number of nitrogens with zero attached hydrogens (tertiary/aromatic N) is 4. The van der Waals surface area contributed by atoms with Crippen LogP contribution in [0.15, 0.2) is 30.6 Å². The van der Waals surface area contributed by atoms with Gasteiger partial charge in [0, 0.05) is 43.9 Å². The van der Waals surface area contributed by atoms with Crippen LogP contribution in [0.4, 0.5) is 8.78 Å². The molecular formula is C26H31F2N7O3. The van der Waals surface area contributed by atoms with Crippen molar-refractivity contribution in [2.45, 2.75) is 57.5 Å². The van der Waals surface area contributed by atoms with Gasteiger partial charge in [0.1, 0.15) is 34.9 Å². The van der Waals surface area contributed by atoms with Gasteiger partial charge in [0.2, 0.25) is 11.8 Å². The summed E-state index contributed by atoms with van der Waals surface area (Å²) in [6.07, 6.45) is 5.50. The number of H-pyrrole nitrogens is 1. The van der Waals surface area contributed by atoms with Gasteiger partial charge < -0.3 is 25.5 Å². The molecule has 3 atom stereocenters. The number of aromatic nitrogens is 4. The fraction of sp³-hybridized carbons (Fsp3) is 0.423. The van der Waals surface area contributed by atoms with Gasteiger partial charge >= 0.3 is 0 Å². The van der Waals surface area contributed by atoms with Gasteiger partial charge in [-0.2, -0.15) is 0 Å². The van der Waals surface area contributed by atoms with Crippen LogP contribution >= 0.6 is 0 Å². The zero-order chi connectivity index (χ0) is 27.6. The number of aryl methyl sites for hydroxylation is 1. The van der Waals surface area contributed by atoms with Crippen LogP contribution in [0.3, 0.4) is 0 Å². The summed E-state index contributed by atoms with van der Waals surface area (Å²) >= 11 is 0. The minimum absolute atomic E-state index is 0.0101. The van der Waals surface area contributed by atoms with Gasteiger partial charge in [-0.15, -0.1) is 0 Å². The normalized spacial score (nSPS) is 17.2. The highest BCUT2D eigenvalue weighted by Gasteiger charge is 2.33. The van der Waals surface area contributed by atoms with Gasteiger partial charge in [-0.1, -0.05) is 0 Å². The van der Waals surface area contributed by atoms with E-state index in [-0.39, 0.29) is 35.5 Å². The van der Waals surface area contributed by atoms with Crippen LogP contribution in [0, 0.1) is 11.6 Å². The van der Waals surface area contributed by atoms with Crippen LogP contribution in [0.25, 0.3) is 11.3 Å². The summed E-state index contributed by atoms with van der Waals surface area (Å²) in [5.74, 6) is -3.29. The maximum atomic E-state index is 14.2. The van der Waals surface area contributed by atoms with Crippen LogP contribution < -0.4 is 11.1 Å². The third kappa shape index (κ3) is 5.74. The lowest BCUT2D eigenvalue weighted by Gasteiger charge is -2.34. The molecule has 38 heavy (non-hydrogen) atoms. The molecule has 1 aliphatic heterocycles. The van der Waals surface area contributed by atoms with Crippen LogP contribution in [0.2, 0.25) is 0 Å². The lowest BCUT2D eigenvalue weighted by Crippen LogP contribution is -2.44. The van der Waals surface area contributed by atoms with Crippen LogP contribution in [-0.2, 0) is 16.6 Å². The molecule has 3 heterocycles. The smallest absolute Gasteiger partial charge is 0.268 e. The highest BCUT2D eigenvalue weighted by atomic mass is 19.1. The fourth-order valence-electron chi connectivity index (χ4n) is 4.77. The Bertz CT molecular complexity index is 1350. The third-order valence-corrected chi connectivity index (χ3v) is 6.88. The molecular weight excluding hydrogens is 496 g/mol. The van der Waals surface area contributed by atoms with E-state index in [0.717, 1.165) is 31.4 Å². The Morgan fingerprint density at radius 1 is 1.26 bits per heavy atom. The number of nitrogens with one attached hydrogen (secondary N) is 2. The molecule has 0 spiro atoms. The van der Waals surface area contributed by atoms with Crippen LogP contribution in [0.1, 0.15) is 73.6 Å². The molecule has 1 fully saturated rings. The molecule has 0 saturated carbocycles. The third-order valence-electron chi connectivity index (χ3n) is 6.88.